The molecule has 0 aromatic heterocycles. The second-order valence-electron chi connectivity index (χ2n) is 7.38. The van der Waals surface area contributed by atoms with E-state index in [4.69, 9.17) is 4.74 Å². The molecule has 4 nitrogen and oxygen atoms in total. The third kappa shape index (κ3) is 6.94. The number of hydrogen-bond donors (Lipinski definition) is 1. The first-order valence-corrected chi connectivity index (χ1v) is 9.51. The van der Waals surface area contributed by atoms with Gasteiger partial charge in [-0.25, -0.2) is 8.78 Å². The highest BCUT2D eigenvalue weighted by molar-refractivity contribution is 8.00. The molecular weight excluding hydrogens is 360 g/mol. The zero-order chi connectivity index (χ0) is 20.1. The number of hydrogen-bond acceptors (Lipinski definition) is 4. The lowest BCUT2D eigenvalue weighted by Gasteiger charge is -2.25. The summed E-state index contributed by atoms with van der Waals surface area (Å²) in [6.45, 7) is 10.8. The molecule has 0 aliphatic rings. The lowest BCUT2D eigenvalue weighted by molar-refractivity contribution is -0.154. The molecule has 0 radical (unpaired) electrons. The van der Waals surface area contributed by atoms with Crippen LogP contribution in [-0.4, -0.2) is 22.7 Å². The third-order valence-corrected chi connectivity index (χ3v) is 4.83. The van der Waals surface area contributed by atoms with E-state index < -0.39 is 28.5 Å². The van der Waals surface area contributed by atoms with Crippen molar-refractivity contribution in [3.8, 4) is 0 Å². The average Bonchev–Trinajstić information content (AvgIpc) is 2.46. The van der Waals surface area contributed by atoms with Crippen LogP contribution in [0.25, 0.3) is 0 Å². The highest BCUT2D eigenvalue weighted by Crippen LogP contribution is 2.34. The van der Waals surface area contributed by atoms with Crippen LogP contribution in [0.3, 0.4) is 0 Å². The van der Waals surface area contributed by atoms with E-state index in [2.05, 4.69) is 5.32 Å². The zero-order valence-electron chi connectivity index (χ0n) is 16.1. The molecule has 0 heterocycles. The van der Waals surface area contributed by atoms with Crippen LogP contribution < -0.4 is 5.32 Å². The summed E-state index contributed by atoms with van der Waals surface area (Å²) in [5, 5.41) is 1.78. The Morgan fingerprint density at radius 1 is 1.19 bits per heavy atom. The molecule has 26 heavy (non-hydrogen) atoms. The number of benzene rings is 1. The second-order valence-corrected chi connectivity index (χ2v) is 8.56. The fourth-order valence-corrected chi connectivity index (χ4v) is 3.16. The topological polar surface area (TPSA) is 55.4 Å². The Kier molecular flexibility index (Phi) is 8.06. The van der Waals surface area contributed by atoms with Gasteiger partial charge in [0.25, 0.3) is 0 Å². The summed E-state index contributed by atoms with van der Waals surface area (Å²) < 4.78 is 33.6. The van der Waals surface area contributed by atoms with E-state index in [0.717, 1.165) is 17.8 Å². The molecule has 1 rings (SSSR count). The quantitative estimate of drug-likeness (QED) is 0.518. The molecule has 0 fully saturated rings. The molecule has 0 spiro atoms. The van der Waals surface area contributed by atoms with Crippen molar-refractivity contribution in [1.82, 2.24) is 0 Å². The Morgan fingerprint density at radius 3 is 2.31 bits per heavy atom. The molecular formula is C19H27F2NO3S. The third-order valence-electron chi connectivity index (χ3n) is 3.27. The Labute approximate surface area is 158 Å². The highest BCUT2D eigenvalue weighted by atomic mass is 32.2. The minimum absolute atomic E-state index is 0.0859. The number of ether oxygens (including phenoxy) is 1. The number of carbonyl (C=O) groups excluding carboxylic acids is 2. The van der Waals surface area contributed by atoms with Gasteiger partial charge in [0.2, 0.25) is 5.91 Å². The molecule has 1 unspecified atom stereocenters. The fourth-order valence-electron chi connectivity index (χ4n) is 2.11. The summed E-state index contributed by atoms with van der Waals surface area (Å²) in [6.07, 6.45) is 0.857. The predicted octanol–water partition coefficient (Wildman–Crippen LogP) is 5.16. The summed E-state index contributed by atoms with van der Waals surface area (Å²) in [6, 6.07) is 1.94. The standard InChI is InChI=1S/C19H27F2NO3S/c1-7-8-16(23)22-14-10-15(13(21)9-12(14)20)26-17(11(2)3)18(24)25-19(4,5)6/h9-11,17H,7-8H2,1-6H3,(H,22,23). The van der Waals surface area contributed by atoms with Gasteiger partial charge in [0, 0.05) is 17.4 Å². The van der Waals surface area contributed by atoms with Gasteiger partial charge in [0.05, 0.1) is 5.69 Å². The molecule has 1 amide bonds. The van der Waals surface area contributed by atoms with Crippen molar-refractivity contribution in [2.45, 2.75) is 70.1 Å². The van der Waals surface area contributed by atoms with Gasteiger partial charge in [-0.15, -0.1) is 11.8 Å². The second kappa shape index (κ2) is 9.35. The molecule has 0 bridgehead atoms. The maximum atomic E-state index is 14.2. The van der Waals surface area contributed by atoms with E-state index in [0.29, 0.717) is 6.42 Å². The molecule has 0 saturated heterocycles. The number of rotatable bonds is 7. The van der Waals surface area contributed by atoms with E-state index in [9.17, 15) is 18.4 Å². The predicted molar refractivity (Wildman–Crippen MR) is 100 cm³/mol. The zero-order valence-corrected chi connectivity index (χ0v) is 16.9. The van der Waals surface area contributed by atoms with Crippen LogP contribution in [0.2, 0.25) is 0 Å². The maximum Gasteiger partial charge on any atom is 0.320 e. The summed E-state index contributed by atoms with van der Waals surface area (Å²) >= 11 is 0.968. The lowest BCUT2D eigenvalue weighted by Crippen LogP contribution is -2.33. The van der Waals surface area contributed by atoms with Crippen LogP contribution in [0.5, 0.6) is 0 Å². The van der Waals surface area contributed by atoms with Gasteiger partial charge in [-0.1, -0.05) is 20.8 Å². The lowest BCUT2D eigenvalue weighted by atomic mass is 10.1. The van der Waals surface area contributed by atoms with E-state index in [-0.39, 0.29) is 28.8 Å². The van der Waals surface area contributed by atoms with Gasteiger partial charge in [-0.05, 0) is 39.2 Å². The normalized spacial score (nSPS) is 12.8. The number of thioether (sulfide) groups is 1. The fraction of sp³-hybridized carbons (Fsp3) is 0.579. The minimum Gasteiger partial charge on any atom is -0.459 e. The molecule has 7 heteroatoms. The molecule has 146 valence electrons. The Balaban J connectivity index is 3.08. The molecule has 1 N–H and O–H groups in total. The van der Waals surface area contributed by atoms with Crippen molar-refractivity contribution in [3.05, 3.63) is 23.8 Å². The largest absolute Gasteiger partial charge is 0.459 e. The summed E-state index contributed by atoms with van der Waals surface area (Å²) in [4.78, 5) is 24.2. The van der Waals surface area contributed by atoms with E-state index in [1.807, 2.05) is 20.8 Å². The van der Waals surface area contributed by atoms with E-state index >= 15 is 0 Å². The first-order chi connectivity index (χ1) is 11.9. The Bertz CT molecular complexity index is 657. The van der Waals surface area contributed by atoms with Crippen LogP contribution in [0.15, 0.2) is 17.0 Å². The summed E-state index contributed by atoms with van der Waals surface area (Å²) in [7, 11) is 0. The number of nitrogens with one attached hydrogen (secondary N) is 1. The smallest absolute Gasteiger partial charge is 0.320 e. The summed E-state index contributed by atoms with van der Waals surface area (Å²) in [5.74, 6) is -2.57. The molecule has 0 aliphatic carbocycles. The SMILES string of the molecule is CCCC(=O)Nc1cc(SC(C(=O)OC(C)(C)C)C(C)C)c(F)cc1F. The van der Waals surface area contributed by atoms with Gasteiger partial charge in [-0.2, -0.15) is 0 Å². The van der Waals surface area contributed by atoms with Crippen LogP contribution in [-0.2, 0) is 14.3 Å². The van der Waals surface area contributed by atoms with Crippen molar-refractivity contribution >= 4 is 29.3 Å². The van der Waals surface area contributed by atoms with Crippen LogP contribution in [0.1, 0.15) is 54.4 Å². The van der Waals surface area contributed by atoms with E-state index in [1.165, 1.54) is 6.07 Å². The van der Waals surface area contributed by atoms with Crippen LogP contribution in [0.4, 0.5) is 14.5 Å². The molecule has 1 aromatic carbocycles. The molecule has 1 atom stereocenters. The molecule has 0 saturated carbocycles. The summed E-state index contributed by atoms with van der Waals surface area (Å²) in [5.41, 5.74) is -0.759. The number of halogens is 2. The first-order valence-electron chi connectivity index (χ1n) is 8.63. The van der Waals surface area contributed by atoms with Crippen molar-refractivity contribution in [1.29, 1.82) is 0 Å². The number of amides is 1. The van der Waals surface area contributed by atoms with Gasteiger partial charge in [-0.3, -0.25) is 9.59 Å². The first kappa shape index (κ1) is 22.4. The van der Waals surface area contributed by atoms with E-state index in [1.54, 1.807) is 20.8 Å². The van der Waals surface area contributed by atoms with Crippen molar-refractivity contribution in [3.63, 3.8) is 0 Å². The Hall–Kier alpha value is -1.63. The minimum atomic E-state index is -0.852. The average molecular weight is 387 g/mol. The van der Waals surface area contributed by atoms with Gasteiger partial charge >= 0.3 is 5.97 Å². The van der Waals surface area contributed by atoms with Crippen LogP contribution >= 0.6 is 11.8 Å². The maximum absolute atomic E-state index is 14.2. The molecule has 0 aliphatic heterocycles. The highest BCUT2D eigenvalue weighted by Gasteiger charge is 2.30. The number of carbonyl (C=O) groups is 2. The van der Waals surface area contributed by atoms with Crippen molar-refractivity contribution < 1.29 is 23.1 Å². The van der Waals surface area contributed by atoms with Crippen molar-refractivity contribution in [2.75, 3.05) is 5.32 Å². The molecule has 1 aromatic rings. The van der Waals surface area contributed by atoms with Gasteiger partial charge in [0.15, 0.2) is 0 Å². The monoisotopic (exact) mass is 387 g/mol. The van der Waals surface area contributed by atoms with Crippen molar-refractivity contribution in [2.24, 2.45) is 5.92 Å². The van der Waals surface area contributed by atoms with Gasteiger partial charge in [0.1, 0.15) is 22.5 Å². The van der Waals surface area contributed by atoms with Crippen LogP contribution in [0, 0.1) is 17.6 Å². The number of esters is 1. The van der Waals surface area contributed by atoms with Gasteiger partial charge < -0.3 is 10.1 Å². The number of anilines is 1. The Morgan fingerprint density at radius 2 is 1.81 bits per heavy atom.